The molecule has 0 atom stereocenters. The van der Waals surface area contributed by atoms with Crippen molar-refractivity contribution in [3.05, 3.63) is 45.9 Å². The predicted octanol–water partition coefficient (Wildman–Crippen LogP) is 2.97. The zero-order valence-corrected chi connectivity index (χ0v) is 12.0. The smallest absolute Gasteiger partial charge is 0.261 e. The third-order valence-electron chi connectivity index (χ3n) is 2.92. The molecule has 1 aromatic carbocycles. The molecular formula is C15H16FNO2S. The lowest BCUT2D eigenvalue weighted by Gasteiger charge is -2.01. The summed E-state index contributed by atoms with van der Waals surface area (Å²) < 4.78 is 12.9. The highest BCUT2D eigenvalue weighted by molar-refractivity contribution is 7.14. The first-order chi connectivity index (χ1) is 9.61. The van der Waals surface area contributed by atoms with Crippen LogP contribution in [0.2, 0.25) is 0 Å². The maximum atomic E-state index is 12.9. The Balaban J connectivity index is 2.17. The van der Waals surface area contributed by atoms with Gasteiger partial charge in [0.05, 0.1) is 4.88 Å². The minimum atomic E-state index is -0.274. The van der Waals surface area contributed by atoms with Crippen LogP contribution in [0.4, 0.5) is 4.39 Å². The van der Waals surface area contributed by atoms with Gasteiger partial charge >= 0.3 is 0 Å². The topological polar surface area (TPSA) is 49.3 Å². The molecule has 0 radical (unpaired) electrons. The molecule has 0 aliphatic carbocycles. The summed E-state index contributed by atoms with van der Waals surface area (Å²) in [6.45, 7) is 2.45. The van der Waals surface area contributed by atoms with Gasteiger partial charge in [-0.25, -0.2) is 4.39 Å². The zero-order chi connectivity index (χ0) is 14.5. The van der Waals surface area contributed by atoms with Crippen molar-refractivity contribution in [3.8, 4) is 11.1 Å². The second-order valence-corrected chi connectivity index (χ2v) is 5.68. The van der Waals surface area contributed by atoms with E-state index in [0.29, 0.717) is 17.8 Å². The highest BCUT2D eigenvalue weighted by Gasteiger charge is 2.13. The molecule has 0 saturated carbocycles. The first-order valence-corrected chi connectivity index (χ1v) is 7.19. The predicted molar refractivity (Wildman–Crippen MR) is 78.5 cm³/mol. The molecule has 0 aliphatic rings. The number of hydrogen-bond donors (Lipinski definition) is 2. The molecule has 3 nitrogen and oxygen atoms in total. The van der Waals surface area contributed by atoms with Crippen LogP contribution in [0.1, 0.15) is 21.0 Å². The Kier molecular flexibility index (Phi) is 4.87. The van der Waals surface area contributed by atoms with Gasteiger partial charge in [0.2, 0.25) is 0 Å². The molecule has 2 N–H and O–H groups in total. The van der Waals surface area contributed by atoms with E-state index in [2.05, 4.69) is 5.32 Å². The second-order valence-electron chi connectivity index (χ2n) is 4.42. The van der Waals surface area contributed by atoms with Crippen molar-refractivity contribution in [2.75, 3.05) is 13.2 Å². The average molecular weight is 293 g/mol. The summed E-state index contributed by atoms with van der Waals surface area (Å²) in [7, 11) is 0. The highest BCUT2D eigenvalue weighted by Crippen LogP contribution is 2.31. The number of thiophene rings is 1. The summed E-state index contributed by atoms with van der Waals surface area (Å²) in [4.78, 5) is 13.6. The molecule has 0 aliphatic heterocycles. The van der Waals surface area contributed by atoms with Gasteiger partial charge in [-0.2, -0.15) is 0 Å². The summed E-state index contributed by atoms with van der Waals surface area (Å²) in [6, 6.07) is 8.05. The van der Waals surface area contributed by atoms with Crippen LogP contribution >= 0.6 is 11.3 Å². The quantitative estimate of drug-likeness (QED) is 0.833. The Morgan fingerprint density at radius 2 is 2.05 bits per heavy atom. The van der Waals surface area contributed by atoms with Crippen LogP contribution in [0.15, 0.2) is 30.3 Å². The maximum Gasteiger partial charge on any atom is 0.261 e. The largest absolute Gasteiger partial charge is 0.396 e. The maximum absolute atomic E-state index is 12.9. The van der Waals surface area contributed by atoms with Gasteiger partial charge in [0.15, 0.2) is 0 Å². The Morgan fingerprint density at radius 1 is 1.35 bits per heavy atom. The minimum absolute atomic E-state index is 0.0601. The van der Waals surface area contributed by atoms with Crippen molar-refractivity contribution in [1.29, 1.82) is 0 Å². The first-order valence-electron chi connectivity index (χ1n) is 6.37. The van der Waals surface area contributed by atoms with Gasteiger partial charge in [0, 0.05) is 18.0 Å². The standard InChI is InChI=1S/C15H16FNO2S/c1-10-13(11-3-5-12(16)6-4-11)9-14(20-10)15(19)17-7-2-8-18/h3-6,9,18H,2,7-8H2,1H3,(H,17,19). The van der Waals surface area contributed by atoms with Crippen molar-refractivity contribution in [3.63, 3.8) is 0 Å². The van der Waals surface area contributed by atoms with Crippen LogP contribution in [0, 0.1) is 12.7 Å². The average Bonchev–Trinajstić information content (AvgIpc) is 2.82. The van der Waals surface area contributed by atoms with Crippen LogP contribution in [0.25, 0.3) is 11.1 Å². The number of amides is 1. The first kappa shape index (κ1) is 14.7. The molecule has 1 aromatic heterocycles. The molecule has 0 saturated heterocycles. The van der Waals surface area contributed by atoms with Crippen molar-refractivity contribution >= 4 is 17.2 Å². The van der Waals surface area contributed by atoms with E-state index in [-0.39, 0.29) is 18.3 Å². The number of aliphatic hydroxyl groups excluding tert-OH is 1. The van der Waals surface area contributed by atoms with E-state index in [1.165, 1.54) is 23.5 Å². The van der Waals surface area contributed by atoms with E-state index in [9.17, 15) is 9.18 Å². The molecule has 1 heterocycles. The Morgan fingerprint density at radius 3 is 2.70 bits per heavy atom. The Hall–Kier alpha value is -1.72. The Bertz CT molecular complexity index is 592. The molecule has 5 heteroatoms. The number of carbonyl (C=O) groups excluding carboxylic acids is 1. The van der Waals surface area contributed by atoms with E-state index in [1.807, 2.05) is 13.0 Å². The number of rotatable bonds is 5. The molecule has 2 rings (SSSR count). The van der Waals surface area contributed by atoms with Gasteiger partial charge in [0.1, 0.15) is 5.82 Å². The number of aryl methyl sites for hydroxylation is 1. The van der Waals surface area contributed by atoms with Crippen molar-refractivity contribution in [2.24, 2.45) is 0 Å². The molecule has 2 aromatic rings. The van der Waals surface area contributed by atoms with E-state index in [1.54, 1.807) is 12.1 Å². The van der Waals surface area contributed by atoms with E-state index < -0.39 is 0 Å². The summed E-state index contributed by atoms with van der Waals surface area (Å²) in [5.74, 6) is -0.413. The molecule has 0 spiro atoms. The van der Waals surface area contributed by atoms with Gasteiger partial charge in [-0.15, -0.1) is 11.3 Å². The van der Waals surface area contributed by atoms with Crippen molar-refractivity contribution in [1.82, 2.24) is 5.32 Å². The van der Waals surface area contributed by atoms with Gasteiger partial charge in [-0.3, -0.25) is 4.79 Å². The second kappa shape index (κ2) is 6.63. The normalized spacial score (nSPS) is 10.6. The van der Waals surface area contributed by atoms with Gasteiger partial charge in [-0.1, -0.05) is 12.1 Å². The lowest BCUT2D eigenvalue weighted by molar-refractivity contribution is 0.0955. The van der Waals surface area contributed by atoms with Gasteiger partial charge < -0.3 is 10.4 Å². The molecule has 0 bridgehead atoms. The summed E-state index contributed by atoms with van der Waals surface area (Å²) >= 11 is 1.41. The summed E-state index contributed by atoms with van der Waals surface area (Å²) in [5, 5.41) is 11.4. The summed E-state index contributed by atoms with van der Waals surface area (Å²) in [5.41, 5.74) is 1.84. The number of benzene rings is 1. The summed E-state index contributed by atoms with van der Waals surface area (Å²) in [6.07, 6.45) is 0.543. The number of nitrogens with one attached hydrogen (secondary N) is 1. The van der Waals surface area contributed by atoms with Crippen LogP contribution in [-0.4, -0.2) is 24.2 Å². The minimum Gasteiger partial charge on any atom is -0.396 e. The number of hydrogen-bond acceptors (Lipinski definition) is 3. The van der Waals surface area contributed by atoms with E-state index >= 15 is 0 Å². The molecule has 0 fully saturated rings. The molecule has 1 amide bonds. The van der Waals surface area contributed by atoms with Crippen molar-refractivity contribution in [2.45, 2.75) is 13.3 Å². The number of halogens is 1. The van der Waals surface area contributed by atoms with Crippen LogP contribution < -0.4 is 5.32 Å². The fourth-order valence-electron chi connectivity index (χ4n) is 1.88. The van der Waals surface area contributed by atoms with Gasteiger partial charge in [-0.05, 0) is 42.7 Å². The molecule has 0 unspecified atom stereocenters. The van der Waals surface area contributed by atoms with E-state index in [0.717, 1.165) is 16.0 Å². The SMILES string of the molecule is Cc1sc(C(=O)NCCCO)cc1-c1ccc(F)cc1. The third kappa shape index (κ3) is 3.43. The van der Waals surface area contributed by atoms with E-state index in [4.69, 9.17) is 5.11 Å². The highest BCUT2D eigenvalue weighted by atomic mass is 32.1. The zero-order valence-electron chi connectivity index (χ0n) is 11.1. The number of carbonyl (C=O) groups is 1. The fraction of sp³-hybridized carbons (Fsp3) is 0.267. The number of aliphatic hydroxyl groups is 1. The lowest BCUT2D eigenvalue weighted by Crippen LogP contribution is -2.24. The monoisotopic (exact) mass is 293 g/mol. The van der Waals surface area contributed by atoms with Crippen molar-refractivity contribution < 1.29 is 14.3 Å². The third-order valence-corrected chi connectivity index (χ3v) is 3.97. The van der Waals surface area contributed by atoms with Crippen LogP contribution in [0.3, 0.4) is 0 Å². The molecule has 20 heavy (non-hydrogen) atoms. The van der Waals surface area contributed by atoms with Crippen LogP contribution in [-0.2, 0) is 0 Å². The van der Waals surface area contributed by atoms with Gasteiger partial charge in [0.25, 0.3) is 5.91 Å². The molecular weight excluding hydrogens is 277 g/mol. The Labute approximate surface area is 121 Å². The molecule has 106 valence electrons. The fourth-order valence-corrected chi connectivity index (χ4v) is 2.84. The lowest BCUT2D eigenvalue weighted by atomic mass is 10.1. The van der Waals surface area contributed by atoms with Crippen LogP contribution in [0.5, 0.6) is 0 Å².